The van der Waals surface area contributed by atoms with E-state index in [0.29, 0.717) is 25.3 Å². The summed E-state index contributed by atoms with van der Waals surface area (Å²) in [6.45, 7) is 5.14. The topological polar surface area (TPSA) is 70.7 Å². The van der Waals surface area contributed by atoms with E-state index in [1.54, 1.807) is 24.3 Å². The van der Waals surface area contributed by atoms with Crippen LogP contribution in [-0.4, -0.2) is 35.7 Å². The Hall–Kier alpha value is -2.86. The maximum absolute atomic E-state index is 12.9. The molecule has 0 radical (unpaired) electrons. The van der Waals surface area contributed by atoms with Crippen LogP contribution in [0.2, 0.25) is 0 Å². The number of hydrogen-bond acceptors (Lipinski definition) is 4. The maximum Gasteiger partial charge on any atom is 0.412 e. The Morgan fingerprint density at radius 1 is 1.11 bits per heavy atom. The molecule has 1 fully saturated rings. The van der Waals surface area contributed by atoms with Crippen LogP contribution in [0.3, 0.4) is 0 Å². The highest BCUT2D eigenvalue weighted by Gasteiger charge is 2.39. The lowest BCUT2D eigenvalue weighted by atomic mass is 10.1. The van der Waals surface area contributed by atoms with E-state index in [1.165, 1.54) is 0 Å². The normalized spacial score (nSPS) is 19.1. The van der Waals surface area contributed by atoms with E-state index in [9.17, 15) is 9.59 Å². The Kier molecular flexibility index (Phi) is 6.66. The van der Waals surface area contributed by atoms with Crippen LogP contribution in [-0.2, 0) is 11.3 Å². The van der Waals surface area contributed by atoms with Crippen molar-refractivity contribution < 1.29 is 14.3 Å². The number of ether oxygens (including phenoxy) is 1. The minimum atomic E-state index is -0.516. The fourth-order valence-electron chi connectivity index (χ4n) is 3.37. The zero-order chi connectivity index (χ0) is 19.9. The molecule has 2 aromatic rings. The number of carbonyl (C=O) groups is 2. The van der Waals surface area contributed by atoms with E-state index < -0.39 is 6.09 Å². The third kappa shape index (κ3) is 5.10. The second-order valence-corrected chi connectivity index (χ2v) is 7.28. The van der Waals surface area contributed by atoms with Gasteiger partial charge >= 0.3 is 6.09 Å². The van der Waals surface area contributed by atoms with Crippen LogP contribution in [0.1, 0.15) is 25.8 Å². The first kappa shape index (κ1) is 19.9. The van der Waals surface area contributed by atoms with E-state index in [2.05, 4.69) is 24.5 Å². The molecule has 6 heteroatoms. The van der Waals surface area contributed by atoms with Crippen molar-refractivity contribution in [3.63, 3.8) is 0 Å². The van der Waals surface area contributed by atoms with Gasteiger partial charge in [0, 0.05) is 13.1 Å². The first-order chi connectivity index (χ1) is 13.5. The lowest BCUT2D eigenvalue weighted by Crippen LogP contribution is -2.41. The van der Waals surface area contributed by atoms with Gasteiger partial charge in [-0.1, -0.05) is 62.4 Å². The van der Waals surface area contributed by atoms with Gasteiger partial charge < -0.3 is 15.0 Å². The number of nitrogens with one attached hydrogen (secondary N) is 2. The van der Waals surface area contributed by atoms with E-state index in [0.717, 1.165) is 5.56 Å². The van der Waals surface area contributed by atoms with Crippen molar-refractivity contribution >= 4 is 12.0 Å². The summed E-state index contributed by atoms with van der Waals surface area (Å²) in [4.78, 5) is 26.7. The van der Waals surface area contributed by atoms with Crippen molar-refractivity contribution in [2.75, 3.05) is 6.54 Å². The molecule has 0 saturated carbocycles. The third-order valence-electron chi connectivity index (χ3n) is 4.77. The van der Waals surface area contributed by atoms with E-state index in [4.69, 9.17) is 4.74 Å². The molecule has 1 unspecified atom stereocenters. The van der Waals surface area contributed by atoms with Gasteiger partial charge in [0.15, 0.2) is 0 Å². The van der Waals surface area contributed by atoms with Gasteiger partial charge in [0.2, 0.25) is 5.91 Å². The molecule has 2 N–H and O–H groups in total. The fourth-order valence-corrected chi connectivity index (χ4v) is 3.37. The number of rotatable bonds is 7. The Labute approximate surface area is 165 Å². The van der Waals surface area contributed by atoms with Crippen molar-refractivity contribution in [1.29, 1.82) is 0 Å². The second kappa shape index (κ2) is 9.37. The number of para-hydroxylation sites is 1. The first-order valence-electron chi connectivity index (χ1n) is 9.66. The summed E-state index contributed by atoms with van der Waals surface area (Å²) >= 11 is 0. The van der Waals surface area contributed by atoms with Crippen LogP contribution in [0, 0.1) is 5.92 Å². The summed E-state index contributed by atoms with van der Waals surface area (Å²) in [6, 6.07) is 18.6. The Balaban J connectivity index is 1.52. The van der Waals surface area contributed by atoms with Crippen molar-refractivity contribution in [1.82, 2.24) is 15.5 Å². The van der Waals surface area contributed by atoms with Crippen molar-refractivity contribution in [3.05, 3.63) is 66.2 Å². The number of carbonyl (C=O) groups excluding carboxylic acids is 2. The molecule has 0 aliphatic carbocycles. The standard InChI is InChI=1S/C22H27N3O3/c1-16(2)20-24-19(21(26)25(20)15-17-9-5-3-6-10-17)13-14-23-22(27)28-18-11-7-4-8-12-18/h3-12,16,19-20,24H,13-15H2,1-2H3,(H,23,27)/t19-,20?/m0/s1. The lowest BCUT2D eigenvalue weighted by molar-refractivity contribution is -0.131. The van der Waals surface area contributed by atoms with Gasteiger partial charge in [-0.05, 0) is 30.0 Å². The molecule has 1 aliphatic rings. The maximum atomic E-state index is 12.9. The molecule has 2 atom stereocenters. The summed E-state index contributed by atoms with van der Waals surface area (Å²) in [5.41, 5.74) is 1.11. The van der Waals surface area contributed by atoms with Gasteiger partial charge in [0.25, 0.3) is 0 Å². The zero-order valence-electron chi connectivity index (χ0n) is 16.3. The molecule has 2 aromatic carbocycles. The minimum Gasteiger partial charge on any atom is -0.410 e. The largest absolute Gasteiger partial charge is 0.412 e. The highest BCUT2D eigenvalue weighted by Crippen LogP contribution is 2.21. The van der Waals surface area contributed by atoms with Gasteiger partial charge in [-0.3, -0.25) is 10.1 Å². The molecule has 6 nitrogen and oxygen atoms in total. The van der Waals surface area contributed by atoms with Crippen LogP contribution in [0.5, 0.6) is 5.75 Å². The van der Waals surface area contributed by atoms with Crippen molar-refractivity contribution in [3.8, 4) is 5.75 Å². The summed E-state index contributed by atoms with van der Waals surface area (Å²) in [6.07, 6.45) is -0.0239. The molecule has 1 aliphatic heterocycles. The van der Waals surface area contributed by atoms with Gasteiger partial charge in [0.1, 0.15) is 5.75 Å². The zero-order valence-corrected chi connectivity index (χ0v) is 16.3. The molecule has 0 spiro atoms. The number of nitrogens with zero attached hydrogens (tertiary/aromatic N) is 1. The molecule has 1 heterocycles. The number of amides is 2. The van der Waals surface area contributed by atoms with E-state index in [-0.39, 0.29) is 24.0 Å². The first-order valence-corrected chi connectivity index (χ1v) is 9.66. The molecule has 1 saturated heterocycles. The Morgan fingerprint density at radius 2 is 1.75 bits per heavy atom. The highest BCUT2D eigenvalue weighted by molar-refractivity contribution is 5.84. The Bertz CT molecular complexity index is 780. The predicted molar refractivity (Wildman–Crippen MR) is 108 cm³/mol. The summed E-state index contributed by atoms with van der Waals surface area (Å²) in [5.74, 6) is 0.846. The fraction of sp³-hybridized carbons (Fsp3) is 0.364. The molecular weight excluding hydrogens is 354 g/mol. The SMILES string of the molecule is CC(C)C1N[C@@H](CCNC(=O)Oc2ccccc2)C(=O)N1Cc1ccccc1. The average molecular weight is 381 g/mol. The molecule has 2 amide bonds. The van der Waals surface area contributed by atoms with E-state index >= 15 is 0 Å². The summed E-state index contributed by atoms with van der Waals surface area (Å²) in [7, 11) is 0. The van der Waals surface area contributed by atoms with Crippen molar-refractivity contribution in [2.24, 2.45) is 5.92 Å². The molecule has 0 aromatic heterocycles. The smallest absolute Gasteiger partial charge is 0.410 e. The van der Waals surface area contributed by atoms with Crippen LogP contribution in [0.4, 0.5) is 4.79 Å². The lowest BCUT2D eigenvalue weighted by Gasteiger charge is -2.27. The summed E-state index contributed by atoms with van der Waals surface area (Å²) < 4.78 is 5.20. The Morgan fingerprint density at radius 3 is 2.39 bits per heavy atom. The quantitative estimate of drug-likeness (QED) is 0.773. The van der Waals surface area contributed by atoms with Crippen molar-refractivity contribution in [2.45, 2.75) is 39.0 Å². The molecule has 0 bridgehead atoms. The van der Waals surface area contributed by atoms with Crippen LogP contribution in [0.15, 0.2) is 60.7 Å². The van der Waals surface area contributed by atoms with Gasteiger partial charge in [-0.2, -0.15) is 0 Å². The van der Waals surface area contributed by atoms with Gasteiger partial charge in [0.05, 0.1) is 12.2 Å². The average Bonchev–Trinajstić information content (AvgIpc) is 3.00. The monoisotopic (exact) mass is 381 g/mol. The van der Waals surface area contributed by atoms with Crippen LogP contribution >= 0.6 is 0 Å². The van der Waals surface area contributed by atoms with Gasteiger partial charge in [-0.25, -0.2) is 4.79 Å². The molecule has 3 rings (SSSR count). The number of hydrogen-bond donors (Lipinski definition) is 2. The highest BCUT2D eigenvalue weighted by atomic mass is 16.6. The molecular formula is C22H27N3O3. The summed E-state index contributed by atoms with van der Waals surface area (Å²) in [5, 5.41) is 6.13. The van der Waals surface area contributed by atoms with Crippen LogP contribution in [0.25, 0.3) is 0 Å². The van der Waals surface area contributed by atoms with E-state index in [1.807, 2.05) is 41.3 Å². The third-order valence-corrected chi connectivity index (χ3v) is 4.77. The minimum absolute atomic E-state index is 0.0195. The molecule has 148 valence electrons. The number of benzene rings is 2. The van der Waals surface area contributed by atoms with Gasteiger partial charge in [-0.15, -0.1) is 0 Å². The van der Waals surface area contributed by atoms with Crippen LogP contribution < -0.4 is 15.4 Å². The predicted octanol–water partition coefficient (Wildman–Crippen LogP) is 3.15. The second-order valence-electron chi connectivity index (χ2n) is 7.28. The molecule has 28 heavy (non-hydrogen) atoms.